The monoisotopic (exact) mass is 338 g/mol. The molecule has 1 atom stereocenters. The summed E-state index contributed by atoms with van der Waals surface area (Å²) < 4.78 is 35.2. The molecule has 0 aliphatic heterocycles. The van der Waals surface area contributed by atoms with E-state index < -0.39 is 20.6 Å². The first-order valence-corrected chi connectivity index (χ1v) is 11.9. The maximum atomic E-state index is 11.7. The third-order valence-corrected chi connectivity index (χ3v) is 6.92. The van der Waals surface area contributed by atoms with Gasteiger partial charge in [-0.15, -0.1) is 0 Å². The van der Waals surface area contributed by atoms with Crippen LogP contribution in [-0.2, 0) is 20.6 Å². The van der Waals surface area contributed by atoms with Crippen molar-refractivity contribution in [2.45, 2.75) is 78.1 Å². The van der Waals surface area contributed by atoms with Gasteiger partial charge in [0, 0.05) is 22.3 Å². The van der Waals surface area contributed by atoms with Crippen molar-refractivity contribution in [1.29, 1.82) is 0 Å². The number of hydrogen-bond donors (Lipinski definition) is 0. The molecule has 3 nitrogen and oxygen atoms in total. The van der Waals surface area contributed by atoms with Gasteiger partial charge in [-0.2, -0.15) is 0 Å². The summed E-state index contributed by atoms with van der Waals surface area (Å²) >= 11 is 0. The molecule has 0 saturated carbocycles. The zero-order valence-electron chi connectivity index (χ0n) is 13.9. The van der Waals surface area contributed by atoms with E-state index in [2.05, 4.69) is 13.8 Å². The normalized spacial score (nSPS) is 13.4. The molecule has 1 unspecified atom stereocenters. The molecule has 0 aromatic carbocycles. The predicted molar refractivity (Wildman–Crippen MR) is 94.0 cm³/mol. The molecule has 0 amide bonds. The molecule has 5 heteroatoms. The Morgan fingerprint density at radius 1 is 0.667 bits per heavy atom. The van der Waals surface area contributed by atoms with Gasteiger partial charge in [-0.3, -0.25) is 4.21 Å². The molecule has 0 radical (unpaired) electrons. The smallest absolute Gasteiger partial charge is 0.150 e. The molecule has 21 heavy (non-hydrogen) atoms. The summed E-state index contributed by atoms with van der Waals surface area (Å²) in [6.45, 7) is 4.23. The summed E-state index contributed by atoms with van der Waals surface area (Å²) in [5.41, 5.74) is 0. The van der Waals surface area contributed by atoms with E-state index in [9.17, 15) is 12.6 Å². The van der Waals surface area contributed by atoms with Crippen molar-refractivity contribution < 1.29 is 12.6 Å². The van der Waals surface area contributed by atoms with Crippen LogP contribution in [0.25, 0.3) is 0 Å². The van der Waals surface area contributed by atoms with E-state index in [4.69, 9.17) is 0 Å². The van der Waals surface area contributed by atoms with Crippen molar-refractivity contribution in [2.75, 3.05) is 23.0 Å². The molecule has 0 fully saturated rings. The molecule has 0 aromatic heterocycles. The highest BCUT2D eigenvalue weighted by Gasteiger charge is 2.09. The van der Waals surface area contributed by atoms with Crippen molar-refractivity contribution >= 4 is 20.6 Å². The summed E-state index contributed by atoms with van der Waals surface area (Å²) in [4.78, 5) is 0. The summed E-state index contributed by atoms with van der Waals surface area (Å²) in [6, 6.07) is 0. The fourth-order valence-corrected chi connectivity index (χ4v) is 4.98. The van der Waals surface area contributed by atoms with Crippen LogP contribution in [0.3, 0.4) is 0 Å². The molecule has 0 rings (SSSR count). The lowest BCUT2D eigenvalue weighted by Crippen LogP contribution is -2.11. The number of rotatable bonds is 15. The Morgan fingerprint density at radius 3 is 1.67 bits per heavy atom. The van der Waals surface area contributed by atoms with Gasteiger partial charge in [0.15, 0.2) is 0 Å². The molecule has 0 spiro atoms. The van der Waals surface area contributed by atoms with Gasteiger partial charge >= 0.3 is 0 Å². The Kier molecular flexibility index (Phi) is 13.8. The second-order valence-corrected chi connectivity index (χ2v) is 9.83. The molecule has 0 aliphatic rings. The largest absolute Gasteiger partial charge is 0.260 e. The van der Waals surface area contributed by atoms with E-state index in [1.807, 2.05) is 0 Å². The lowest BCUT2D eigenvalue weighted by molar-refractivity contribution is 0.584. The van der Waals surface area contributed by atoms with Gasteiger partial charge in [0.2, 0.25) is 0 Å². The number of hydrogen-bond acceptors (Lipinski definition) is 3. The van der Waals surface area contributed by atoms with Crippen molar-refractivity contribution in [3.63, 3.8) is 0 Å². The second-order valence-electron chi connectivity index (χ2n) is 5.83. The molecule has 0 heterocycles. The number of sulfone groups is 1. The Balaban J connectivity index is 3.48. The zero-order chi connectivity index (χ0) is 16.0. The lowest BCUT2D eigenvalue weighted by Gasteiger charge is -2.04. The average Bonchev–Trinajstić information content (AvgIpc) is 2.43. The molecule has 0 N–H and O–H groups in total. The van der Waals surface area contributed by atoms with Crippen LogP contribution in [-0.4, -0.2) is 35.6 Å². The summed E-state index contributed by atoms with van der Waals surface area (Å²) in [5, 5.41) is 0. The van der Waals surface area contributed by atoms with Crippen LogP contribution in [0.15, 0.2) is 0 Å². The first kappa shape index (κ1) is 21.1. The van der Waals surface area contributed by atoms with E-state index in [1.54, 1.807) is 0 Å². The van der Waals surface area contributed by atoms with Crippen molar-refractivity contribution in [3.05, 3.63) is 0 Å². The summed E-state index contributed by atoms with van der Waals surface area (Å²) in [6.07, 6.45) is 9.95. The van der Waals surface area contributed by atoms with Gasteiger partial charge in [0.1, 0.15) is 9.84 Å². The lowest BCUT2D eigenvalue weighted by atomic mass is 10.2. The Labute approximate surface area is 134 Å². The topological polar surface area (TPSA) is 51.2 Å². The fourth-order valence-electron chi connectivity index (χ4n) is 2.23. The third kappa shape index (κ3) is 14.8. The van der Waals surface area contributed by atoms with Crippen LogP contribution < -0.4 is 0 Å². The van der Waals surface area contributed by atoms with Crippen LogP contribution >= 0.6 is 0 Å². The Bertz CT molecular complexity index is 351. The predicted octanol–water partition coefficient (Wildman–Crippen LogP) is 4.09. The quantitative estimate of drug-likeness (QED) is 0.423. The van der Waals surface area contributed by atoms with Crippen LogP contribution in [0.5, 0.6) is 0 Å². The van der Waals surface area contributed by atoms with Crippen LogP contribution in [0.1, 0.15) is 78.1 Å². The summed E-state index contributed by atoms with van der Waals surface area (Å²) in [7, 11) is -3.50. The highest BCUT2D eigenvalue weighted by molar-refractivity contribution is 7.91. The maximum Gasteiger partial charge on any atom is 0.150 e. The van der Waals surface area contributed by atoms with E-state index in [-0.39, 0.29) is 0 Å². The van der Waals surface area contributed by atoms with E-state index in [1.165, 1.54) is 12.8 Å². The van der Waals surface area contributed by atoms with E-state index >= 15 is 0 Å². The zero-order valence-corrected chi connectivity index (χ0v) is 15.6. The minimum absolute atomic E-state index is 0.330. The number of unbranched alkanes of at least 4 members (excludes halogenated alkanes) is 7. The maximum absolute atomic E-state index is 11.7. The fraction of sp³-hybridized carbons (Fsp3) is 1.00. The van der Waals surface area contributed by atoms with Crippen molar-refractivity contribution in [2.24, 2.45) is 0 Å². The highest BCUT2D eigenvalue weighted by atomic mass is 32.2. The first-order chi connectivity index (χ1) is 10.0. The molecule has 0 saturated heterocycles. The second kappa shape index (κ2) is 13.7. The minimum atomic E-state index is -2.83. The third-order valence-electron chi connectivity index (χ3n) is 3.61. The molecular formula is C16H34O3S2. The van der Waals surface area contributed by atoms with Crippen molar-refractivity contribution in [3.8, 4) is 0 Å². The van der Waals surface area contributed by atoms with Gasteiger partial charge in [-0.05, 0) is 25.7 Å². The molecule has 0 aliphatic carbocycles. The molecular weight excluding hydrogens is 304 g/mol. The SMILES string of the molecule is CCCCCS(=O)CCCCCCS(=O)(=O)CCCCC. The summed E-state index contributed by atoms with van der Waals surface area (Å²) in [5.74, 6) is 2.30. The Hall–Kier alpha value is 0.1000. The molecule has 0 bridgehead atoms. The first-order valence-electron chi connectivity index (χ1n) is 8.57. The van der Waals surface area contributed by atoms with Gasteiger partial charge in [0.25, 0.3) is 0 Å². The Morgan fingerprint density at radius 2 is 1.10 bits per heavy atom. The van der Waals surface area contributed by atoms with Crippen molar-refractivity contribution in [1.82, 2.24) is 0 Å². The van der Waals surface area contributed by atoms with Crippen LogP contribution in [0, 0.1) is 0 Å². The van der Waals surface area contributed by atoms with E-state index in [0.717, 1.165) is 62.9 Å². The van der Waals surface area contributed by atoms with Gasteiger partial charge in [-0.25, -0.2) is 8.42 Å². The standard InChI is InChI=1S/C16H34O3S2/c1-3-5-9-13-20(17)14-10-7-8-12-16-21(18,19)15-11-6-4-2/h3-16H2,1-2H3. The molecule has 128 valence electrons. The van der Waals surface area contributed by atoms with Gasteiger partial charge in [-0.1, -0.05) is 52.4 Å². The van der Waals surface area contributed by atoms with E-state index in [0.29, 0.717) is 11.5 Å². The minimum Gasteiger partial charge on any atom is -0.260 e. The van der Waals surface area contributed by atoms with Gasteiger partial charge < -0.3 is 0 Å². The van der Waals surface area contributed by atoms with Crippen LogP contribution in [0.2, 0.25) is 0 Å². The van der Waals surface area contributed by atoms with Gasteiger partial charge in [0.05, 0.1) is 11.5 Å². The van der Waals surface area contributed by atoms with Crippen LogP contribution in [0.4, 0.5) is 0 Å². The molecule has 0 aromatic rings. The average molecular weight is 339 g/mol. The highest BCUT2D eigenvalue weighted by Crippen LogP contribution is 2.07.